The average molecular weight is 557 g/mol. The number of hydrogen-bond donors (Lipinski definition) is 0. The minimum Gasteiger partial charge on any atom is -0.466 e. The van der Waals surface area contributed by atoms with Gasteiger partial charge in [-0.3, -0.25) is 0 Å². The van der Waals surface area contributed by atoms with Crippen LogP contribution in [-0.2, 0) is 14.0 Å². The minimum atomic E-state index is -3.33. The second kappa shape index (κ2) is 15.3. The molecule has 0 bridgehead atoms. The molecule has 2 aromatic carbocycles. The third-order valence-corrected chi connectivity index (χ3v) is 12.3. The lowest BCUT2D eigenvalue weighted by Gasteiger charge is -2.43. The van der Waals surface area contributed by atoms with Crippen LogP contribution in [0.4, 0.5) is 8.78 Å². The molecule has 0 N–H and O–H groups in total. The van der Waals surface area contributed by atoms with Crippen molar-refractivity contribution >= 4 is 24.7 Å². The Bertz CT molecular complexity index is 1020. The molecule has 0 spiro atoms. The largest absolute Gasteiger partial charge is 0.466 e. The summed E-state index contributed by atoms with van der Waals surface area (Å²) in [5, 5.41) is 1.86. The molecule has 0 aliphatic heterocycles. The molecule has 0 unspecified atom stereocenters. The number of unbranched alkanes of at least 4 members (excludes halogenated alkanes) is 5. The van der Waals surface area contributed by atoms with Gasteiger partial charge in [-0.2, -0.15) is 8.78 Å². The van der Waals surface area contributed by atoms with Gasteiger partial charge >= 0.3 is 5.97 Å². The maximum Gasteiger partial charge on any atom is 0.330 e. The van der Waals surface area contributed by atoms with Gasteiger partial charge in [0.15, 0.2) is 0 Å². The van der Waals surface area contributed by atoms with Crippen LogP contribution in [0.15, 0.2) is 84.5 Å². The highest BCUT2D eigenvalue weighted by Gasteiger charge is 2.50. The van der Waals surface area contributed by atoms with Gasteiger partial charge < -0.3 is 9.16 Å². The van der Waals surface area contributed by atoms with Gasteiger partial charge in [-0.1, -0.05) is 127 Å². The molecule has 0 atom stereocenters. The summed E-state index contributed by atoms with van der Waals surface area (Å²) in [5.74, 6) is -4.13. The van der Waals surface area contributed by atoms with Crippen molar-refractivity contribution in [3.63, 3.8) is 0 Å². The molecule has 0 amide bonds. The lowest BCUT2D eigenvalue weighted by Crippen LogP contribution is -2.66. The van der Waals surface area contributed by atoms with E-state index in [1.165, 1.54) is 7.11 Å². The van der Waals surface area contributed by atoms with Crippen molar-refractivity contribution < 1.29 is 22.7 Å². The van der Waals surface area contributed by atoms with E-state index in [-0.39, 0.29) is 35.6 Å². The Hall–Kier alpha value is -2.57. The first-order valence-corrected chi connectivity index (χ1v) is 16.0. The zero-order chi connectivity index (χ0) is 28.9. The number of carbonyl (C=O) groups is 1. The van der Waals surface area contributed by atoms with Crippen LogP contribution < -0.4 is 10.4 Å². The molecule has 0 radical (unpaired) electrons. The molecule has 2 rings (SSSR count). The third kappa shape index (κ3) is 8.71. The van der Waals surface area contributed by atoms with Crippen LogP contribution in [0.1, 0.15) is 79.1 Å². The van der Waals surface area contributed by atoms with E-state index >= 15 is 8.78 Å². The van der Waals surface area contributed by atoms with E-state index in [4.69, 9.17) is 9.16 Å². The summed E-state index contributed by atoms with van der Waals surface area (Å²) in [6.45, 7) is 12.3. The topological polar surface area (TPSA) is 35.5 Å². The van der Waals surface area contributed by atoms with Gasteiger partial charge in [-0.25, -0.2) is 4.79 Å². The maximum atomic E-state index is 15.7. The molecule has 6 heteroatoms. The highest BCUT2D eigenvalue weighted by molar-refractivity contribution is 6.99. The highest BCUT2D eigenvalue weighted by atomic mass is 28.4. The number of esters is 1. The molecule has 0 fully saturated rings. The first kappa shape index (κ1) is 32.6. The summed E-state index contributed by atoms with van der Waals surface area (Å²) in [7, 11) is -1.71. The molecule has 3 nitrogen and oxygen atoms in total. The molecule has 0 aliphatic rings. The average Bonchev–Trinajstić information content (AvgIpc) is 2.92. The summed E-state index contributed by atoms with van der Waals surface area (Å²) in [4.78, 5) is 12.1. The number of carbonyl (C=O) groups excluding carboxylic acids is 1. The number of methoxy groups -OCH3 is 1. The van der Waals surface area contributed by atoms with Crippen molar-refractivity contribution in [3.05, 3.63) is 84.5 Å². The lowest BCUT2D eigenvalue weighted by atomic mass is 9.94. The van der Waals surface area contributed by atoms with Gasteiger partial charge in [-0.05, 0) is 40.2 Å². The highest BCUT2D eigenvalue weighted by Crippen LogP contribution is 2.39. The summed E-state index contributed by atoms with van der Waals surface area (Å²) in [5.41, 5.74) is -0.484. The van der Waals surface area contributed by atoms with E-state index in [9.17, 15) is 4.79 Å². The number of hydrogen-bond acceptors (Lipinski definition) is 3. The second-order valence-electron chi connectivity index (χ2n) is 11.2. The van der Waals surface area contributed by atoms with Crippen LogP contribution in [0.25, 0.3) is 0 Å². The molecule has 214 valence electrons. The number of rotatable bonds is 16. The predicted molar refractivity (Wildman–Crippen MR) is 160 cm³/mol. The van der Waals surface area contributed by atoms with E-state index in [1.54, 1.807) is 0 Å². The van der Waals surface area contributed by atoms with Gasteiger partial charge in [0.1, 0.15) is 0 Å². The van der Waals surface area contributed by atoms with Crippen LogP contribution in [0, 0.1) is 0 Å². The Morgan fingerprint density at radius 1 is 0.872 bits per heavy atom. The number of ether oxygens (including phenoxy) is 1. The van der Waals surface area contributed by atoms with E-state index in [2.05, 4.69) is 58.5 Å². The lowest BCUT2D eigenvalue weighted by molar-refractivity contribution is -0.135. The van der Waals surface area contributed by atoms with Crippen molar-refractivity contribution in [2.24, 2.45) is 0 Å². The van der Waals surface area contributed by atoms with Gasteiger partial charge in [0, 0.05) is 18.3 Å². The van der Waals surface area contributed by atoms with Gasteiger partial charge in [0.2, 0.25) is 0 Å². The summed E-state index contributed by atoms with van der Waals surface area (Å²) in [6, 6.07) is 20.1. The number of alkyl halides is 2. The fourth-order valence-electron chi connectivity index (χ4n) is 5.10. The van der Waals surface area contributed by atoms with Gasteiger partial charge in [-0.15, -0.1) is 0 Å². The fourth-order valence-corrected chi connectivity index (χ4v) is 9.66. The Balaban J connectivity index is 2.31. The Labute approximate surface area is 235 Å². The fraction of sp³-hybridized carbons (Fsp3) is 0.485. The van der Waals surface area contributed by atoms with Crippen molar-refractivity contribution in [2.75, 3.05) is 13.7 Å². The predicted octanol–water partition coefficient (Wildman–Crippen LogP) is 7.99. The van der Waals surface area contributed by atoms with Crippen molar-refractivity contribution in [3.8, 4) is 0 Å². The Morgan fingerprint density at radius 2 is 1.38 bits per heavy atom. The number of benzene rings is 2. The Kier molecular flexibility index (Phi) is 12.8. The molecular formula is C33H46F2O3Si. The van der Waals surface area contributed by atoms with E-state index in [0.717, 1.165) is 48.6 Å². The molecule has 0 heterocycles. The third-order valence-electron chi connectivity index (χ3n) is 7.28. The van der Waals surface area contributed by atoms with Crippen LogP contribution in [-0.4, -0.2) is 33.9 Å². The molecule has 0 saturated heterocycles. The van der Waals surface area contributed by atoms with E-state index < -0.39 is 20.2 Å². The number of halogens is 2. The SMILES string of the molecule is C=C(CCCCCCCC)C(F)(F)/C(=C/C(=O)OC)CCO[Si](c1ccccc1)(c1ccccc1)C(C)(C)C. The smallest absolute Gasteiger partial charge is 0.330 e. The van der Waals surface area contributed by atoms with E-state index in [0.29, 0.717) is 6.42 Å². The first-order chi connectivity index (χ1) is 18.5. The van der Waals surface area contributed by atoms with Crippen molar-refractivity contribution in [1.82, 2.24) is 0 Å². The van der Waals surface area contributed by atoms with Crippen molar-refractivity contribution in [1.29, 1.82) is 0 Å². The maximum absolute atomic E-state index is 15.7. The molecule has 0 aliphatic carbocycles. The van der Waals surface area contributed by atoms with Gasteiger partial charge in [0.05, 0.1) is 7.11 Å². The van der Waals surface area contributed by atoms with E-state index in [1.807, 2.05) is 36.4 Å². The second-order valence-corrected chi connectivity index (χ2v) is 15.5. The zero-order valence-corrected chi connectivity index (χ0v) is 25.4. The van der Waals surface area contributed by atoms with Gasteiger partial charge in [0.25, 0.3) is 14.2 Å². The summed E-state index contributed by atoms with van der Waals surface area (Å²) < 4.78 is 42.9. The van der Waals surface area contributed by atoms with Crippen molar-refractivity contribution in [2.45, 2.75) is 90.0 Å². The monoisotopic (exact) mass is 556 g/mol. The summed E-state index contributed by atoms with van der Waals surface area (Å²) >= 11 is 0. The molecular weight excluding hydrogens is 510 g/mol. The molecule has 2 aromatic rings. The van der Waals surface area contributed by atoms with Crippen LogP contribution in [0.3, 0.4) is 0 Å². The quantitative estimate of drug-likeness (QED) is 0.0691. The summed E-state index contributed by atoms with van der Waals surface area (Å²) in [6.07, 6.45) is 7.02. The normalized spacial score (nSPS) is 12.8. The van der Waals surface area contributed by atoms with Crippen LogP contribution in [0.5, 0.6) is 0 Å². The molecule has 39 heavy (non-hydrogen) atoms. The number of allylic oxidation sites excluding steroid dienone is 1. The van der Waals surface area contributed by atoms with Crippen LogP contribution in [0.2, 0.25) is 5.04 Å². The standard InChI is InChI=1S/C33H46F2O3Si/c1-7-8-9-10-11-14-19-27(2)33(34,35)28(26-31(36)37-6)24-25-38-39(32(3,4)5,29-20-15-12-16-21-29)30-22-17-13-18-23-30/h12-13,15-18,20-23,26H,2,7-11,14,19,24-25H2,1,3-6H3/b28-26+. The first-order valence-electron chi connectivity index (χ1n) is 14.1. The minimum absolute atomic E-state index is 0.0377. The molecule has 0 saturated carbocycles. The Morgan fingerprint density at radius 3 is 1.87 bits per heavy atom. The molecule has 0 aromatic heterocycles. The zero-order valence-electron chi connectivity index (χ0n) is 24.4. The van der Waals surface area contributed by atoms with Crippen LogP contribution >= 0.6 is 0 Å².